The van der Waals surface area contributed by atoms with Gasteiger partial charge in [0.2, 0.25) is 0 Å². The van der Waals surface area contributed by atoms with Crippen LogP contribution >= 0.6 is 23.5 Å². The standard InChI is InChI=1S/C19H24O3S2/c1-4-23-19(17(10-11-20)15(3)14(2)13-24-19)18(21)22-12-16-8-6-5-7-9-16/h5-9,11,17H,4,10,12-13H2,1-3H3/t17-,19+/m1/s1. The number of ether oxygens (including phenoxy) is 1. The third-order valence-electron chi connectivity index (χ3n) is 4.35. The van der Waals surface area contributed by atoms with Gasteiger partial charge in [0.1, 0.15) is 12.9 Å². The second kappa shape index (κ2) is 8.77. The van der Waals surface area contributed by atoms with Gasteiger partial charge in [-0.05, 0) is 25.2 Å². The van der Waals surface area contributed by atoms with Crippen LogP contribution in [0.3, 0.4) is 0 Å². The molecule has 1 aliphatic heterocycles. The summed E-state index contributed by atoms with van der Waals surface area (Å²) in [4.78, 5) is 24.2. The zero-order valence-corrected chi connectivity index (χ0v) is 16.0. The Bertz CT molecular complexity index is 612. The summed E-state index contributed by atoms with van der Waals surface area (Å²) in [6, 6.07) is 9.69. The van der Waals surface area contributed by atoms with Crippen molar-refractivity contribution in [1.29, 1.82) is 0 Å². The minimum atomic E-state index is -0.728. The van der Waals surface area contributed by atoms with Gasteiger partial charge in [0.05, 0.1) is 0 Å². The number of benzene rings is 1. The normalized spacial score (nSPS) is 23.9. The Morgan fingerprint density at radius 1 is 1.38 bits per heavy atom. The van der Waals surface area contributed by atoms with Gasteiger partial charge in [0, 0.05) is 18.1 Å². The molecule has 0 saturated heterocycles. The zero-order chi connectivity index (χ0) is 17.6. The SMILES string of the molecule is CCS[C@]1(C(=O)OCc2ccccc2)SCC(C)=C(C)[C@H]1CC=O. The lowest BCUT2D eigenvalue weighted by Crippen LogP contribution is -2.44. The molecule has 0 N–H and O–H groups in total. The van der Waals surface area contributed by atoms with E-state index in [2.05, 4.69) is 6.92 Å². The Balaban J connectivity index is 2.24. The highest BCUT2D eigenvalue weighted by atomic mass is 32.2. The second-order valence-corrected chi connectivity index (χ2v) is 8.86. The number of hydrogen-bond acceptors (Lipinski definition) is 5. The van der Waals surface area contributed by atoms with Crippen LogP contribution in [0.1, 0.15) is 32.8 Å². The smallest absolute Gasteiger partial charge is 0.333 e. The van der Waals surface area contributed by atoms with Gasteiger partial charge >= 0.3 is 5.97 Å². The summed E-state index contributed by atoms with van der Waals surface area (Å²) in [5.41, 5.74) is 3.38. The Kier molecular flexibility index (Phi) is 6.99. The number of carbonyl (C=O) groups excluding carboxylic acids is 2. The molecule has 2 atom stereocenters. The first kappa shape index (κ1) is 19.1. The molecule has 3 nitrogen and oxygen atoms in total. The molecule has 130 valence electrons. The van der Waals surface area contributed by atoms with Crippen molar-refractivity contribution in [3.05, 3.63) is 47.0 Å². The van der Waals surface area contributed by atoms with Crippen molar-refractivity contribution in [2.45, 2.75) is 37.9 Å². The lowest BCUT2D eigenvalue weighted by Gasteiger charge is -2.41. The first-order valence-electron chi connectivity index (χ1n) is 8.14. The van der Waals surface area contributed by atoms with Crippen molar-refractivity contribution in [3.8, 4) is 0 Å². The minimum Gasteiger partial charge on any atom is -0.459 e. The van der Waals surface area contributed by atoms with Gasteiger partial charge in [0.25, 0.3) is 0 Å². The predicted octanol–water partition coefficient (Wildman–Crippen LogP) is 4.47. The molecule has 0 aliphatic carbocycles. The van der Waals surface area contributed by atoms with Crippen LogP contribution < -0.4 is 0 Å². The van der Waals surface area contributed by atoms with E-state index in [1.807, 2.05) is 44.2 Å². The van der Waals surface area contributed by atoms with Crippen molar-refractivity contribution >= 4 is 35.8 Å². The summed E-state index contributed by atoms with van der Waals surface area (Å²) in [5.74, 6) is 1.27. The zero-order valence-electron chi connectivity index (χ0n) is 14.4. The minimum absolute atomic E-state index is 0.109. The fourth-order valence-electron chi connectivity index (χ4n) is 2.88. The molecule has 2 rings (SSSR count). The third kappa shape index (κ3) is 4.06. The van der Waals surface area contributed by atoms with Gasteiger partial charge in [-0.1, -0.05) is 48.4 Å². The van der Waals surface area contributed by atoms with E-state index in [1.165, 1.54) is 5.57 Å². The van der Waals surface area contributed by atoms with Gasteiger partial charge in [0.15, 0.2) is 4.08 Å². The number of esters is 1. The molecule has 0 spiro atoms. The van der Waals surface area contributed by atoms with Crippen LogP contribution in [0, 0.1) is 5.92 Å². The van der Waals surface area contributed by atoms with E-state index in [-0.39, 0.29) is 18.5 Å². The molecule has 0 unspecified atom stereocenters. The summed E-state index contributed by atoms with van der Waals surface area (Å²) in [5, 5.41) is 0. The van der Waals surface area contributed by atoms with Crippen LogP contribution in [-0.2, 0) is 20.9 Å². The molecule has 0 bridgehead atoms. The molecular weight excluding hydrogens is 340 g/mol. The highest BCUT2D eigenvalue weighted by Gasteiger charge is 2.50. The van der Waals surface area contributed by atoms with Crippen molar-refractivity contribution in [3.63, 3.8) is 0 Å². The van der Waals surface area contributed by atoms with Crippen molar-refractivity contribution in [1.82, 2.24) is 0 Å². The van der Waals surface area contributed by atoms with Crippen LogP contribution in [0.5, 0.6) is 0 Å². The molecule has 0 amide bonds. The Labute approximate surface area is 152 Å². The van der Waals surface area contributed by atoms with E-state index in [9.17, 15) is 9.59 Å². The van der Waals surface area contributed by atoms with Crippen LogP contribution in [0.25, 0.3) is 0 Å². The van der Waals surface area contributed by atoms with E-state index in [0.717, 1.165) is 28.9 Å². The second-order valence-electron chi connectivity index (χ2n) is 5.87. The van der Waals surface area contributed by atoms with E-state index in [4.69, 9.17) is 4.74 Å². The number of hydrogen-bond donors (Lipinski definition) is 0. The average molecular weight is 365 g/mol. The molecule has 24 heavy (non-hydrogen) atoms. The quantitative estimate of drug-likeness (QED) is 0.406. The number of carbonyl (C=O) groups is 2. The summed E-state index contributed by atoms with van der Waals surface area (Å²) < 4.78 is 4.94. The number of allylic oxidation sites excluding steroid dienone is 1. The first-order valence-corrected chi connectivity index (χ1v) is 10.1. The lowest BCUT2D eigenvalue weighted by atomic mass is 9.89. The Morgan fingerprint density at radius 2 is 2.08 bits per heavy atom. The van der Waals surface area contributed by atoms with Crippen LogP contribution in [-0.4, -0.2) is 27.8 Å². The van der Waals surface area contributed by atoms with Gasteiger partial charge in [-0.3, -0.25) is 0 Å². The number of thioether (sulfide) groups is 2. The monoisotopic (exact) mass is 364 g/mol. The summed E-state index contributed by atoms with van der Waals surface area (Å²) in [7, 11) is 0. The molecule has 0 radical (unpaired) electrons. The van der Waals surface area contributed by atoms with Crippen molar-refractivity contribution < 1.29 is 14.3 Å². The molecular formula is C19H24O3S2. The van der Waals surface area contributed by atoms with Gasteiger partial charge in [-0.15, -0.1) is 23.5 Å². The van der Waals surface area contributed by atoms with E-state index in [1.54, 1.807) is 23.5 Å². The lowest BCUT2D eigenvalue weighted by molar-refractivity contribution is -0.146. The van der Waals surface area contributed by atoms with Crippen molar-refractivity contribution in [2.24, 2.45) is 5.92 Å². The molecule has 1 aliphatic rings. The van der Waals surface area contributed by atoms with Gasteiger partial charge in [-0.25, -0.2) is 4.79 Å². The highest BCUT2D eigenvalue weighted by molar-refractivity contribution is 8.19. The molecule has 5 heteroatoms. The fourth-order valence-corrected chi connectivity index (χ4v) is 6.13. The molecule has 1 aromatic rings. The number of aldehydes is 1. The van der Waals surface area contributed by atoms with E-state index in [0.29, 0.717) is 6.42 Å². The maximum Gasteiger partial charge on any atom is 0.333 e. The molecule has 1 heterocycles. The third-order valence-corrected chi connectivity index (χ3v) is 7.68. The van der Waals surface area contributed by atoms with E-state index >= 15 is 0 Å². The summed E-state index contributed by atoms with van der Waals surface area (Å²) in [6.45, 7) is 6.42. The van der Waals surface area contributed by atoms with E-state index < -0.39 is 4.08 Å². The summed E-state index contributed by atoms with van der Waals surface area (Å²) >= 11 is 3.20. The van der Waals surface area contributed by atoms with Gasteiger partial charge in [-0.2, -0.15) is 0 Å². The van der Waals surface area contributed by atoms with Gasteiger partial charge < -0.3 is 9.53 Å². The average Bonchev–Trinajstić information content (AvgIpc) is 2.60. The van der Waals surface area contributed by atoms with Crippen LogP contribution in [0.15, 0.2) is 41.5 Å². The largest absolute Gasteiger partial charge is 0.459 e. The van der Waals surface area contributed by atoms with Crippen LogP contribution in [0.2, 0.25) is 0 Å². The number of rotatable bonds is 7. The Hall–Kier alpha value is -1.20. The first-order chi connectivity index (χ1) is 11.5. The summed E-state index contributed by atoms with van der Waals surface area (Å²) in [6.07, 6.45) is 1.27. The highest BCUT2D eigenvalue weighted by Crippen LogP contribution is 2.52. The maximum absolute atomic E-state index is 13.0. The molecule has 0 fully saturated rings. The predicted molar refractivity (Wildman–Crippen MR) is 102 cm³/mol. The molecule has 0 saturated carbocycles. The molecule has 0 aromatic heterocycles. The topological polar surface area (TPSA) is 43.4 Å². The fraction of sp³-hybridized carbons (Fsp3) is 0.474. The maximum atomic E-state index is 13.0. The van der Waals surface area contributed by atoms with Crippen molar-refractivity contribution in [2.75, 3.05) is 11.5 Å². The Morgan fingerprint density at radius 3 is 2.71 bits per heavy atom. The van der Waals surface area contributed by atoms with Crippen LogP contribution in [0.4, 0.5) is 0 Å². The molecule has 1 aromatic carbocycles.